The van der Waals surface area contributed by atoms with Crippen molar-refractivity contribution in [2.75, 3.05) is 33.7 Å². The summed E-state index contributed by atoms with van der Waals surface area (Å²) in [7, 11) is 4.21. The minimum atomic E-state index is 0.832. The second kappa shape index (κ2) is 8.58. The summed E-state index contributed by atoms with van der Waals surface area (Å²) in [6, 6.07) is 0. The molecule has 1 N–H and O–H groups in total. The molecule has 0 aliphatic carbocycles. The Labute approximate surface area is 76.3 Å². The van der Waals surface area contributed by atoms with E-state index in [9.17, 15) is 0 Å². The van der Waals surface area contributed by atoms with Crippen LogP contribution in [0.15, 0.2) is 0 Å². The first-order chi connectivity index (χ1) is 5.77. The fourth-order valence-electron chi connectivity index (χ4n) is 0.917. The molecule has 0 unspecified atom stereocenters. The molecule has 0 radical (unpaired) electrons. The number of nitrogens with one attached hydrogen (secondary N) is 1. The van der Waals surface area contributed by atoms with Crippen molar-refractivity contribution in [2.45, 2.75) is 19.8 Å². The number of rotatable bonds is 6. The Bertz CT molecular complexity index is 142. The highest BCUT2D eigenvalue weighted by Crippen LogP contribution is 1.87. The Balaban J connectivity index is 2.94. The SMILES string of the molecule is CC#CCNCCCCN(C)C. The summed E-state index contributed by atoms with van der Waals surface area (Å²) in [5, 5.41) is 3.27. The van der Waals surface area contributed by atoms with Crippen molar-refractivity contribution in [2.24, 2.45) is 0 Å². The zero-order valence-electron chi connectivity index (χ0n) is 8.48. The van der Waals surface area contributed by atoms with Gasteiger partial charge in [0.2, 0.25) is 0 Å². The molecule has 0 bridgehead atoms. The first kappa shape index (κ1) is 11.5. The summed E-state index contributed by atoms with van der Waals surface area (Å²) in [6.45, 7) is 4.97. The van der Waals surface area contributed by atoms with Crippen LogP contribution in [0.1, 0.15) is 19.8 Å². The van der Waals surface area contributed by atoms with Crippen LogP contribution in [0.4, 0.5) is 0 Å². The molecule has 0 rings (SSSR count). The number of nitrogens with zero attached hydrogens (tertiary/aromatic N) is 1. The Morgan fingerprint density at radius 3 is 2.58 bits per heavy atom. The summed E-state index contributed by atoms with van der Waals surface area (Å²) in [4.78, 5) is 2.21. The van der Waals surface area contributed by atoms with E-state index in [2.05, 4.69) is 36.2 Å². The van der Waals surface area contributed by atoms with E-state index >= 15 is 0 Å². The van der Waals surface area contributed by atoms with E-state index in [0.717, 1.165) is 13.1 Å². The zero-order valence-corrected chi connectivity index (χ0v) is 8.48. The summed E-state index contributed by atoms with van der Waals surface area (Å²) < 4.78 is 0. The molecule has 0 aromatic rings. The lowest BCUT2D eigenvalue weighted by atomic mass is 10.3. The molecule has 0 saturated heterocycles. The largest absolute Gasteiger partial charge is 0.309 e. The molecule has 70 valence electrons. The maximum Gasteiger partial charge on any atom is 0.0576 e. The Morgan fingerprint density at radius 1 is 1.25 bits per heavy atom. The van der Waals surface area contributed by atoms with Crippen molar-refractivity contribution >= 4 is 0 Å². The third-order valence-corrected chi connectivity index (χ3v) is 1.60. The third kappa shape index (κ3) is 9.48. The average molecular weight is 168 g/mol. The highest BCUT2D eigenvalue weighted by atomic mass is 15.0. The van der Waals surface area contributed by atoms with E-state index in [1.807, 2.05) is 6.92 Å². The van der Waals surface area contributed by atoms with Gasteiger partial charge in [-0.3, -0.25) is 0 Å². The standard InChI is InChI=1S/C10H20N2/c1-4-5-8-11-9-6-7-10-12(2)3/h11H,6-10H2,1-3H3. The Hall–Kier alpha value is -0.520. The van der Waals surface area contributed by atoms with E-state index < -0.39 is 0 Å². The fraction of sp³-hybridized carbons (Fsp3) is 0.800. The normalized spacial score (nSPS) is 9.67. The molecule has 0 aromatic carbocycles. The highest BCUT2D eigenvalue weighted by molar-refractivity contribution is 4.96. The Kier molecular flexibility index (Phi) is 8.20. The van der Waals surface area contributed by atoms with Gasteiger partial charge in [0.15, 0.2) is 0 Å². The lowest BCUT2D eigenvalue weighted by Gasteiger charge is -2.08. The predicted molar refractivity (Wildman–Crippen MR) is 54.1 cm³/mol. The van der Waals surface area contributed by atoms with Gasteiger partial charge in [0, 0.05) is 0 Å². The molecule has 0 saturated carbocycles. The van der Waals surface area contributed by atoms with Crippen LogP contribution in [-0.4, -0.2) is 38.6 Å². The molecular formula is C10H20N2. The van der Waals surface area contributed by atoms with Gasteiger partial charge < -0.3 is 10.2 Å². The molecule has 12 heavy (non-hydrogen) atoms. The van der Waals surface area contributed by atoms with Gasteiger partial charge in [-0.1, -0.05) is 5.92 Å². The maximum absolute atomic E-state index is 3.27. The van der Waals surface area contributed by atoms with Gasteiger partial charge in [0.1, 0.15) is 0 Å². The Morgan fingerprint density at radius 2 is 2.00 bits per heavy atom. The minimum Gasteiger partial charge on any atom is -0.309 e. The lowest BCUT2D eigenvalue weighted by molar-refractivity contribution is 0.393. The quantitative estimate of drug-likeness (QED) is 0.469. The molecule has 0 spiro atoms. The van der Waals surface area contributed by atoms with Crippen LogP contribution in [0.5, 0.6) is 0 Å². The van der Waals surface area contributed by atoms with E-state index in [1.54, 1.807) is 0 Å². The molecule has 2 heteroatoms. The van der Waals surface area contributed by atoms with Crippen LogP contribution in [0.2, 0.25) is 0 Å². The van der Waals surface area contributed by atoms with Crippen LogP contribution >= 0.6 is 0 Å². The second-order valence-corrected chi connectivity index (χ2v) is 3.11. The molecule has 2 nitrogen and oxygen atoms in total. The number of unbranched alkanes of at least 4 members (excludes halogenated alkanes) is 1. The summed E-state index contributed by atoms with van der Waals surface area (Å²) >= 11 is 0. The van der Waals surface area contributed by atoms with Gasteiger partial charge in [0.25, 0.3) is 0 Å². The van der Waals surface area contributed by atoms with Crippen molar-refractivity contribution in [3.05, 3.63) is 0 Å². The van der Waals surface area contributed by atoms with E-state index in [4.69, 9.17) is 0 Å². The van der Waals surface area contributed by atoms with Crippen molar-refractivity contribution in [3.63, 3.8) is 0 Å². The third-order valence-electron chi connectivity index (χ3n) is 1.60. The van der Waals surface area contributed by atoms with Crippen LogP contribution in [0, 0.1) is 11.8 Å². The van der Waals surface area contributed by atoms with Crippen LogP contribution < -0.4 is 5.32 Å². The molecule has 0 heterocycles. The first-order valence-corrected chi connectivity index (χ1v) is 4.52. The topological polar surface area (TPSA) is 15.3 Å². The van der Waals surface area contributed by atoms with Crippen LogP contribution in [0.3, 0.4) is 0 Å². The second-order valence-electron chi connectivity index (χ2n) is 3.11. The van der Waals surface area contributed by atoms with Gasteiger partial charge in [-0.2, -0.15) is 0 Å². The summed E-state index contributed by atoms with van der Waals surface area (Å²) in [5.74, 6) is 5.83. The molecule has 0 aromatic heterocycles. The van der Waals surface area contributed by atoms with Crippen molar-refractivity contribution in [3.8, 4) is 11.8 Å². The number of hydrogen-bond acceptors (Lipinski definition) is 2. The molecule has 0 fully saturated rings. The molecule has 0 amide bonds. The molecule has 0 atom stereocenters. The van der Waals surface area contributed by atoms with Crippen LogP contribution in [0.25, 0.3) is 0 Å². The minimum absolute atomic E-state index is 0.832. The van der Waals surface area contributed by atoms with Crippen LogP contribution in [-0.2, 0) is 0 Å². The van der Waals surface area contributed by atoms with Gasteiger partial charge >= 0.3 is 0 Å². The van der Waals surface area contributed by atoms with E-state index in [-0.39, 0.29) is 0 Å². The van der Waals surface area contributed by atoms with Gasteiger partial charge in [0.05, 0.1) is 6.54 Å². The fourth-order valence-corrected chi connectivity index (χ4v) is 0.917. The van der Waals surface area contributed by atoms with Crippen molar-refractivity contribution in [1.29, 1.82) is 0 Å². The average Bonchev–Trinajstić information content (AvgIpc) is 2.02. The first-order valence-electron chi connectivity index (χ1n) is 4.52. The number of hydrogen-bond donors (Lipinski definition) is 1. The monoisotopic (exact) mass is 168 g/mol. The molecule has 0 aliphatic heterocycles. The van der Waals surface area contributed by atoms with Crippen molar-refractivity contribution in [1.82, 2.24) is 10.2 Å². The van der Waals surface area contributed by atoms with E-state index in [0.29, 0.717) is 0 Å². The summed E-state index contributed by atoms with van der Waals surface area (Å²) in [5.41, 5.74) is 0. The predicted octanol–water partition coefficient (Wildman–Crippen LogP) is 0.941. The smallest absolute Gasteiger partial charge is 0.0576 e. The summed E-state index contributed by atoms with van der Waals surface area (Å²) in [6.07, 6.45) is 2.50. The van der Waals surface area contributed by atoms with Gasteiger partial charge in [-0.25, -0.2) is 0 Å². The zero-order chi connectivity index (χ0) is 9.23. The highest BCUT2D eigenvalue weighted by Gasteiger charge is 1.89. The molecular weight excluding hydrogens is 148 g/mol. The van der Waals surface area contributed by atoms with E-state index in [1.165, 1.54) is 19.4 Å². The van der Waals surface area contributed by atoms with Gasteiger partial charge in [-0.15, -0.1) is 5.92 Å². The van der Waals surface area contributed by atoms with Crippen molar-refractivity contribution < 1.29 is 0 Å². The maximum atomic E-state index is 3.27. The molecule has 0 aliphatic rings. The lowest BCUT2D eigenvalue weighted by Crippen LogP contribution is -2.18. The van der Waals surface area contributed by atoms with Gasteiger partial charge in [-0.05, 0) is 47.0 Å².